The lowest BCUT2D eigenvalue weighted by Crippen LogP contribution is -2.36. The Morgan fingerprint density at radius 2 is 2.00 bits per heavy atom. The molecule has 0 atom stereocenters. The SMILES string of the molecule is Nc1cc(-c2nc(C3(c4ccccc4)CCC3)no2)[nH]n1. The van der Waals surface area contributed by atoms with Crippen molar-refractivity contribution < 1.29 is 4.52 Å². The highest BCUT2D eigenvalue weighted by molar-refractivity contribution is 5.52. The summed E-state index contributed by atoms with van der Waals surface area (Å²) in [5, 5.41) is 10.9. The van der Waals surface area contributed by atoms with Crippen molar-refractivity contribution in [1.29, 1.82) is 0 Å². The zero-order valence-corrected chi connectivity index (χ0v) is 11.4. The summed E-state index contributed by atoms with van der Waals surface area (Å²) in [5.41, 5.74) is 7.38. The second-order valence-electron chi connectivity index (χ2n) is 5.43. The maximum atomic E-state index is 5.60. The van der Waals surface area contributed by atoms with E-state index in [1.165, 1.54) is 12.0 Å². The highest BCUT2D eigenvalue weighted by atomic mass is 16.5. The zero-order chi connectivity index (χ0) is 14.3. The third-order valence-corrected chi connectivity index (χ3v) is 4.22. The summed E-state index contributed by atoms with van der Waals surface area (Å²) in [6, 6.07) is 12.1. The third-order valence-electron chi connectivity index (χ3n) is 4.22. The number of nitrogens with two attached hydrogens (primary N) is 1. The van der Waals surface area contributed by atoms with Crippen LogP contribution in [0.1, 0.15) is 30.7 Å². The minimum atomic E-state index is -0.116. The van der Waals surface area contributed by atoms with Gasteiger partial charge >= 0.3 is 0 Å². The maximum absolute atomic E-state index is 5.60. The second-order valence-corrected chi connectivity index (χ2v) is 5.43. The number of aromatic amines is 1. The van der Waals surface area contributed by atoms with E-state index in [1.807, 2.05) is 18.2 Å². The van der Waals surface area contributed by atoms with Gasteiger partial charge in [-0.15, -0.1) is 0 Å². The van der Waals surface area contributed by atoms with Crippen molar-refractivity contribution in [2.75, 3.05) is 5.73 Å². The standard InChI is InChI=1S/C15H15N5O/c16-12-9-11(18-19-12)13-17-14(20-21-13)15(7-4-8-15)10-5-2-1-3-6-10/h1-3,5-6,9H,4,7-8H2,(H3,16,18,19). The monoisotopic (exact) mass is 281 g/mol. The van der Waals surface area contributed by atoms with E-state index in [-0.39, 0.29) is 5.41 Å². The smallest absolute Gasteiger partial charge is 0.276 e. The number of hydrogen-bond donors (Lipinski definition) is 2. The average Bonchev–Trinajstić information content (AvgIpc) is 3.08. The van der Waals surface area contributed by atoms with Crippen LogP contribution in [0.5, 0.6) is 0 Å². The van der Waals surface area contributed by atoms with Crippen molar-refractivity contribution in [3.05, 3.63) is 47.8 Å². The molecule has 6 heteroatoms. The predicted molar refractivity (Wildman–Crippen MR) is 77.4 cm³/mol. The molecule has 1 aliphatic carbocycles. The Bertz CT molecular complexity index is 757. The molecule has 0 bridgehead atoms. The molecule has 1 aromatic carbocycles. The van der Waals surface area contributed by atoms with Crippen molar-refractivity contribution in [2.45, 2.75) is 24.7 Å². The number of benzene rings is 1. The molecule has 0 spiro atoms. The van der Waals surface area contributed by atoms with Gasteiger partial charge in [0.15, 0.2) is 5.82 Å². The molecule has 21 heavy (non-hydrogen) atoms. The number of nitrogens with zero attached hydrogens (tertiary/aromatic N) is 3. The van der Waals surface area contributed by atoms with Crippen molar-refractivity contribution in [2.24, 2.45) is 0 Å². The normalized spacial score (nSPS) is 16.6. The summed E-state index contributed by atoms with van der Waals surface area (Å²) in [7, 11) is 0. The lowest BCUT2D eigenvalue weighted by atomic mass is 9.64. The first-order valence-corrected chi connectivity index (χ1v) is 6.99. The number of nitrogen functional groups attached to an aromatic ring is 1. The summed E-state index contributed by atoms with van der Waals surface area (Å²) in [6.07, 6.45) is 3.26. The summed E-state index contributed by atoms with van der Waals surface area (Å²) in [4.78, 5) is 4.56. The van der Waals surface area contributed by atoms with Crippen LogP contribution in [-0.4, -0.2) is 20.3 Å². The number of aromatic nitrogens is 4. The van der Waals surface area contributed by atoms with Gasteiger partial charge in [-0.2, -0.15) is 10.1 Å². The molecule has 2 heterocycles. The van der Waals surface area contributed by atoms with Gasteiger partial charge in [-0.25, -0.2) is 0 Å². The van der Waals surface area contributed by atoms with Gasteiger partial charge in [0, 0.05) is 6.07 Å². The molecular weight excluding hydrogens is 266 g/mol. The highest BCUT2D eigenvalue weighted by Crippen LogP contribution is 2.47. The second kappa shape index (κ2) is 4.44. The van der Waals surface area contributed by atoms with Crippen LogP contribution in [0.15, 0.2) is 40.9 Å². The van der Waals surface area contributed by atoms with E-state index in [0.717, 1.165) is 18.7 Å². The lowest BCUT2D eigenvalue weighted by molar-refractivity contribution is 0.273. The summed E-state index contributed by atoms with van der Waals surface area (Å²) >= 11 is 0. The molecule has 3 aromatic rings. The van der Waals surface area contributed by atoms with Crippen LogP contribution in [0.25, 0.3) is 11.6 Å². The van der Waals surface area contributed by atoms with Gasteiger partial charge in [0.2, 0.25) is 0 Å². The van der Waals surface area contributed by atoms with Crippen molar-refractivity contribution in [1.82, 2.24) is 20.3 Å². The van der Waals surface area contributed by atoms with E-state index in [2.05, 4.69) is 32.5 Å². The van der Waals surface area contributed by atoms with E-state index in [0.29, 0.717) is 17.4 Å². The molecule has 0 radical (unpaired) electrons. The number of nitrogens with one attached hydrogen (secondary N) is 1. The van der Waals surface area contributed by atoms with Crippen molar-refractivity contribution in [3.63, 3.8) is 0 Å². The molecule has 2 aromatic heterocycles. The zero-order valence-electron chi connectivity index (χ0n) is 11.4. The van der Waals surface area contributed by atoms with Crippen molar-refractivity contribution >= 4 is 5.82 Å². The molecule has 0 saturated heterocycles. The van der Waals surface area contributed by atoms with Gasteiger partial charge < -0.3 is 10.3 Å². The topological polar surface area (TPSA) is 93.6 Å². The van der Waals surface area contributed by atoms with Crippen LogP contribution in [0.3, 0.4) is 0 Å². The van der Waals surface area contributed by atoms with Crippen LogP contribution >= 0.6 is 0 Å². The number of rotatable bonds is 3. The molecule has 6 nitrogen and oxygen atoms in total. The average molecular weight is 281 g/mol. The molecular formula is C15H15N5O. The Morgan fingerprint density at radius 3 is 2.62 bits per heavy atom. The molecule has 0 unspecified atom stereocenters. The van der Waals surface area contributed by atoms with Gasteiger partial charge in [-0.05, 0) is 18.4 Å². The molecule has 1 saturated carbocycles. The van der Waals surface area contributed by atoms with E-state index in [1.54, 1.807) is 6.07 Å². The Morgan fingerprint density at radius 1 is 1.19 bits per heavy atom. The maximum Gasteiger partial charge on any atom is 0.276 e. The minimum absolute atomic E-state index is 0.116. The molecule has 106 valence electrons. The molecule has 3 N–H and O–H groups in total. The molecule has 1 aliphatic rings. The third kappa shape index (κ3) is 1.83. The Hall–Kier alpha value is -2.63. The molecule has 4 rings (SSSR count). The first-order valence-electron chi connectivity index (χ1n) is 6.99. The summed E-state index contributed by atoms with van der Waals surface area (Å²) in [5.74, 6) is 1.57. The largest absolute Gasteiger partial charge is 0.382 e. The fourth-order valence-electron chi connectivity index (χ4n) is 2.90. The van der Waals surface area contributed by atoms with Gasteiger partial charge in [0.25, 0.3) is 5.89 Å². The number of anilines is 1. The summed E-state index contributed by atoms with van der Waals surface area (Å²) < 4.78 is 5.38. The van der Waals surface area contributed by atoms with Crippen molar-refractivity contribution in [3.8, 4) is 11.6 Å². The van der Waals surface area contributed by atoms with Crippen LogP contribution in [0.4, 0.5) is 5.82 Å². The molecule has 1 fully saturated rings. The van der Waals surface area contributed by atoms with E-state index < -0.39 is 0 Å². The predicted octanol–water partition coefficient (Wildman–Crippen LogP) is 2.51. The van der Waals surface area contributed by atoms with Gasteiger partial charge in [-0.1, -0.05) is 41.9 Å². The van der Waals surface area contributed by atoms with Gasteiger partial charge in [0.1, 0.15) is 11.5 Å². The van der Waals surface area contributed by atoms with E-state index in [9.17, 15) is 0 Å². The quantitative estimate of drug-likeness (QED) is 0.769. The number of hydrogen-bond acceptors (Lipinski definition) is 5. The van der Waals surface area contributed by atoms with Gasteiger partial charge in [-0.3, -0.25) is 5.10 Å². The summed E-state index contributed by atoms with van der Waals surface area (Å²) in [6.45, 7) is 0. The fourth-order valence-corrected chi connectivity index (χ4v) is 2.90. The van der Waals surface area contributed by atoms with Gasteiger partial charge in [0.05, 0.1) is 5.41 Å². The Balaban J connectivity index is 1.74. The Kier molecular flexibility index (Phi) is 2.57. The van der Waals surface area contributed by atoms with E-state index >= 15 is 0 Å². The van der Waals surface area contributed by atoms with Crippen LogP contribution in [-0.2, 0) is 5.41 Å². The van der Waals surface area contributed by atoms with Crippen LogP contribution < -0.4 is 5.73 Å². The molecule has 0 aliphatic heterocycles. The first-order chi connectivity index (χ1) is 10.3. The number of H-pyrrole nitrogens is 1. The Labute approximate surface area is 121 Å². The minimum Gasteiger partial charge on any atom is -0.382 e. The first kappa shape index (κ1) is 12.1. The van der Waals surface area contributed by atoms with Crippen LogP contribution in [0, 0.1) is 0 Å². The highest BCUT2D eigenvalue weighted by Gasteiger charge is 2.44. The fraction of sp³-hybridized carbons (Fsp3) is 0.267. The van der Waals surface area contributed by atoms with Crippen LogP contribution in [0.2, 0.25) is 0 Å². The molecule has 0 amide bonds. The lowest BCUT2D eigenvalue weighted by Gasteiger charge is -2.39. The van der Waals surface area contributed by atoms with E-state index in [4.69, 9.17) is 10.3 Å².